The van der Waals surface area contributed by atoms with Gasteiger partial charge in [-0.1, -0.05) is 12.1 Å². The Morgan fingerprint density at radius 3 is 2.95 bits per heavy atom. The van der Waals surface area contributed by atoms with Crippen molar-refractivity contribution >= 4 is 22.1 Å². The molecule has 0 fully saturated rings. The van der Waals surface area contributed by atoms with Crippen LogP contribution in [0.3, 0.4) is 0 Å². The molecule has 0 saturated carbocycles. The molecule has 3 aromatic heterocycles. The molecular weight excluding hydrogens is 258 g/mol. The summed E-state index contributed by atoms with van der Waals surface area (Å²) in [6.45, 7) is 0. The minimum absolute atomic E-state index is 0.200. The van der Waals surface area contributed by atoms with Crippen molar-refractivity contribution in [2.45, 2.75) is 0 Å². The first kappa shape index (κ1) is 10.9. The zero-order valence-electron chi connectivity index (χ0n) is 10.5. The highest BCUT2D eigenvalue weighted by atomic mass is 16.3. The minimum Gasteiger partial charge on any atom is -0.450 e. The Morgan fingerprint density at radius 1 is 1.30 bits per heavy atom. The maximum absolute atomic E-state index is 12.2. The lowest BCUT2D eigenvalue weighted by molar-refractivity contribution is 0.663. The summed E-state index contributed by atoms with van der Waals surface area (Å²) in [5.74, 6) is 0.372. The number of nitrogens with zero attached hydrogens (tertiary/aromatic N) is 4. The van der Waals surface area contributed by atoms with Crippen LogP contribution in [0.25, 0.3) is 33.6 Å². The van der Waals surface area contributed by atoms with Crippen LogP contribution in [0.15, 0.2) is 39.5 Å². The third-order valence-corrected chi connectivity index (χ3v) is 3.33. The van der Waals surface area contributed by atoms with E-state index in [2.05, 4.69) is 20.6 Å². The number of nitrogens with one attached hydrogen (secondary N) is 1. The second kappa shape index (κ2) is 3.77. The van der Waals surface area contributed by atoms with Crippen molar-refractivity contribution in [3.63, 3.8) is 0 Å². The minimum atomic E-state index is -0.200. The van der Waals surface area contributed by atoms with E-state index in [0.717, 1.165) is 10.9 Å². The normalized spacial score (nSPS) is 11.4. The van der Waals surface area contributed by atoms with Gasteiger partial charge in [0.25, 0.3) is 0 Å². The summed E-state index contributed by atoms with van der Waals surface area (Å²) in [7, 11) is 1.84. The summed E-state index contributed by atoms with van der Waals surface area (Å²) in [6.07, 6.45) is 0. The van der Waals surface area contributed by atoms with Crippen LogP contribution in [0.4, 0.5) is 0 Å². The summed E-state index contributed by atoms with van der Waals surface area (Å²) < 4.78 is 7.48. The lowest BCUT2D eigenvalue weighted by Gasteiger charge is -2.05. The number of tetrazole rings is 1. The molecule has 4 aromatic rings. The Labute approximate surface area is 111 Å². The second-order valence-electron chi connectivity index (χ2n) is 4.46. The zero-order valence-corrected chi connectivity index (χ0v) is 10.5. The second-order valence-corrected chi connectivity index (χ2v) is 4.46. The van der Waals surface area contributed by atoms with Gasteiger partial charge in [0.15, 0.2) is 5.58 Å². The molecule has 0 saturated heterocycles. The van der Waals surface area contributed by atoms with Gasteiger partial charge in [0.1, 0.15) is 5.58 Å². The first-order valence-corrected chi connectivity index (χ1v) is 6.01. The van der Waals surface area contributed by atoms with Crippen LogP contribution in [-0.2, 0) is 7.05 Å². The van der Waals surface area contributed by atoms with Crippen LogP contribution in [0.5, 0.6) is 0 Å². The van der Waals surface area contributed by atoms with Crippen molar-refractivity contribution in [2.75, 3.05) is 0 Å². The van der Waals surface area contributed by atoms with Crippen LogP contribution in [0, 0.1) is 0 Å². The molecule has 0 radical (unpaired) electrons. The molecule has 0 aliphatic carbocycles. The van der Waals surface area contributed by atoms with Crippen molar-refractivity contribution < 1.29 is 4.42 Å². The molecular formula is C13H9N5O2. The Bertz CT molecular complexity index is 981. The van der Waals surface area contributed by atoms with Gasteiger partial charge in [-0.3, -0.25) is 4.79 Å². The van der Waals surface area contributed by atoms with Gasteiger partial charge >= 0.3 is 0 Å². The van der Waals surface area contributed by atoms with Gasteiger partial charge in [-0.15, -0.1) is 10.2 Å². The highest BCUT2D eigenvalue weighted by Gasteiger charge is 2.17. The average Bonchev–Trinajstić information content (AvgIpc) is 3.09. The fraction of sp³-hybridized carbons (Fsp3) is 0.0769. The number of H-pyrrole nitrogens is 1. The van der Waals surface area contributed by atoms with Gasteiger partial charge < -0.3 is 8.98 Å². The monoisotopic (exact) mass is 267 g/mol. The number of para-hydroxylation sites is 1. The van der Waals surface area contributed by atoms with Crippen molar-refractivity contribution in [3.05, 3.63) is 40.6 Å². The third kappa shape index (κ3) is 1.34. The molecule has 4 rings (SSSR count). The Kier molecular flexibility index (Phi) is 2.06. The number of benzene rings is 1. The molecule has 0 bridgehead atoms. The number of aromatic nitrogens is 5. The summed E-state index contributed by atoms with van der Waals surface area (Å²) >= 11 is 0. The molecule has 0 spiro atoms. The molecule has 1 N–H and O–H groups in total. The fourth-order valence-corrected chi connectivity index (χ4v) is 2.42. The summed E-state index contributed by atoms with van der Waals surface area (Å²) in [4.78, 5) is 12.2. The van der Waals surface area contributed by atoms with Gasteiger partial charge in [0, 0.05) is 18.5 Å². The van der Waals surface area contributed by atoms with Gasteiger partial charge in [0.05, 0.1) is 11.2 Å². The van der Waals surface area contributed by atoms with E-state index in [0.29, 0.717) is 22.7 Å². The number of pyridine rings is 1. The quantitative estimate of drug-likeness (QED) is 0.564. The maximum Gasteiger partial charge on any atom is 0.225 e. The van der Waals surface area contributed by atoms with E-state index in [4.69, 9.17) is 4.42 Å². The smallest absolute Gasteiger partial charge is 0.225 e. The van der Waals surface area contributed by atoms with E-state index in [1.54, 1.807) is 0 Å². The molecule has 98 valence electrons. The van der Waals surface area contributed by atoms with Crippen LogP contribution < -0.4 is 5.43 Å². The number of hydrogen-bond donors (Lipinski definition) is 1. The molecule has 7 nitrogen and oxygen atoms in total. The van der Waals surface area contributed by atoms with Gasteiger partial charge in [-0.25, -0.2) is 0 Å². The Balaban J connectivity index is 2.22. The van der Waals surface area contributed by atoms with E-state index in [9.17, 15) is 4.79 Å². The van der Waals surface area contributed by atoms with Crippen molar-refractivity contribution in [3.8, 4) is 11.5 Å². The molecule has 0 aliphatic heterocycles. The van der Waals surface area contributed by atoms with E-state index >= 15 is 0 Å². The molecule has 1 aromatic carbocycles. The van der Waals surface area contributed by atoms with Crippen LogP contribution in [0.2, 0.25) is 0 Å². The fourth-order valence-electron chi connectivity index (χ4n) is 2.42. The Hall–Kier alpha value is -2.96. The summed E-state index contributed by atoms with van der Waals surface area (Å²) in [5, 5.41) is 14.6. The lowest BCUT2D eigenvalue weighted by Crippen LogP contribution is -2.08. The molecule has 20 heavy (non-hydrogen) atoms. The van der Waals surface area contributed by atoms with Crippen molar-refractivity contribution in [1.82, 2.24) is 25.2 Å². The van der Waals surface area contributed by atoms with E-state index in [-0.39, 0.29) is 5.43 Å². The highest BCUT2D eigenvalue weighted by molar-refractivity contribution is 6.03. The summed E-state index contributed by atoms with van der Waals surface area (Å²) in [5.41, 5.74) is 2.13. The molecule has 7 heteroatoms. The predicted octanol–water partition coefficient (Wildman–Crippen LogP) is 1.46. The lowest BCUT2D eigenvalue weighted by atomic mass is 10.2. The third-order valence-electron chi connectivity index (χ3n) is 3.33. The van der Waals surface area contributed by atoms with Gasteiger partial charge in [-0.05, 0) is 17.3 Å². The predicted molar refractivity (Wildman–Crippen MR) is 72.1 cm³/mol. The van der Waals surface area contributed by atoms with Gasteiger partial charge in [-0.2, -0.15) is 5.21 Å². The van der Waals surface area contributed by atoms with Crippen molar-refractivity contribution in [2.24, 2.45) is 7.05 Å². The van der Waals surface area contributed by atoms with Crippen LogP contribution in [0.1, 0.15) is 0 Å². The molecule has 3 heterocycles. The topological polar surface area (TPSA) is 89.6 Å². The Morgan fingerprint density at radius 2 is 2.15 bits per heavy atom. The SMILES string of the molecule is Cn1c(-c2nn[nH]n2)cc(=O)c2oc3ccccc3c21. The number of aromatic amines is 1. The number of rotatable bonds is 1. The zero-order chi connectivity index (χ0) is 13.7. The number of fused-ring (bicyclic) bond motifs is 3. The number of hydrogen-bond acceptors (Lipinski definition) is 5. The molecule has 0 amide bonds. The van der Waals surface area contributed by atoms with Crippen LogP contribution >= 0.6 is 0 Å². The molecule has 0 aliphatic rings. The largest absolute Gasteiger partial charge is 0.450 e. The van der Waals surface area contributed by atoms with E-state index in [1.807, 2.05) is 35.9 Å². The van der Waals surface area contributed by atoms with E-state index in [1.165, 1.54) is 6.07 Å². The van der Waals surface area contributed by atoms with E-state index < -0.39 is 0 Å². The first-order valence-electron chi connectivity index (χ1n) is 6.01. The molecule has 0 unspecified atom stereocenters. The van der Waals surface area contributed by atoms with Crippen LogP contribution in [-0.4, -0.2) is 25.2 Å². The molecule has 0 atom stereocenters. The van der Waals surface area contributed by atoms with Crippen molar-refractivity contribution in [1.29, 1.82) is 0 Å². The maximum atomic E-state index is 12.2. The number of furan rings is 1. The first-order chi connectivity index (χ1) is 9.75. The number of aryl methyl sites for hydroxylation is 1. The summed E-state index contributed by atoms with van der Waals surface area (Å²) in [6, 6.07) is 8.98. The average molecular weight is 267 g/mol. The highest BCUT2D eigenvalue weighted by Crippen LogP contribution is 2.28. The van der Waals surface area contributed by atoms with Gasteiger partial charge in [0.2, 0.25) is 11.3 Å². The standard InChI is InChI=1S/C13H9N5O2/c1-18-8(13-14-16-17-15-13)6-9(19)12-11(18)7-4-2-3-5-10(7)20-12/h2-6H,1H3,(H,14,15,16,17).